The predicted octanol–water partition coefficient (Wildman–Crippen LogP) is 6.31. The largest absolute Gasteiger partial charge is 0.591 e. The van der Waals surface area contributed by atoms with Crippen molar-refractivity contribution in [3.8, 4) is 0 Å². The monoisotopic (exact) mass is 586 g/mol. The summed E-state index contributed by atoms with van der Waals surface area (Å²) in [5, 5.41) is 6.19. The molecule has 236 valence electrons. The highest BCUT2D eigenvalue weighted by atomic mass is 32.2. The topological polar surface area (TPSA) is 106 Å². The van der Waals surface area contributed by atoms with Crippen LogP contribution in [0.3, 0.4) is 0 Å². The fourth-order valence-electron chi connectivity index (χ4n) is 4.69. The Bertz CT molecular complexity index is 608. The highest BCUT2D eigenvalue weighted by Gasteiger charge is 2.07. The minimum atomic E-state index is -1.23. The molecule has 8 nitrogen and oxygen atoms in total. The van der Waals surface area contributed by atoms with Gasteiger partial charge in [0.25, 0.3) is 0 Å². The van der Waals surface area contributed by atoms with Gasteiger partial charge in [-0.05, 0) is 62.6 Å². The third kappa shape index (κ3) is 28.2. The van der Waals surface area contributed by atoms with Gasteiger partial charge in [-0.2, -0.15) is 0 Å². The van der Waals surface area contributed by atoms with Gasteiger partial charge < -0.3 is 29.6 Å². The summed E-state index contributed by atoms with van der Waals surface area (Å²) in [7, 11) is 1.78. The smallest absolute Gasteiger partial charge is 0.305 e. The minimum Gasteiger partial charge on any atom is -0.591 e. The molecule has 0 aromatic rings. The van der Waals surface area contributed by atoms with Gasteiger partial charge in [0, 0.05) is 26.4 Å². The maximum atomic E-state index is 12.0. The summed E-state index contributed by atoms with van der Waals surface area (Å²) in [4.78, 5) is 25.0. The molecule has 1 atom stereocenters. The van der Waals surface area contributed by atoms with Gasteiger partial charge in [-0.25, -0.2) is 0 Å². The van der Waals surface area contributed by atoms with E-state index in [9.17, 15) is 14.1 Å². The van der Waals surface area contributed by atoms with E-state index in [0.717, 1.165) is 83.8 Å². The number of esters is 1. The van der Waals surface area contributed by atoms with Crippen molar-refractivity contribution >= 4 is 29.6 Å². The predicted molar refractivity (Wildman–Crippen MR) is 170 cm³/mol. The normalized spacial score (nSPS) is 12.5. The van der Waals surface area contributed by atoms with Crippen molar-refractivity contribution in [2.45, 2.75) is 135 Å². The summed E-state index contributed by atoms with van der Waals surface area (Å²) >= 11 is -1.23. The Morgan fingerprint density at radius 1 is 0.825 bits per heavy atom. The lowest BCUT2D eigenvalue weighted by molar-refractivity contribution is -0.143. The van der Waals surface area contributed by atoms with E-state index in [1.54, 1.807) is 13.3 Å². The number of unbranched alkanes of at least 4 members (excludes halogenated alkanes) is 15. The van der Waals surface area contributed by atoms with Crippen molar-refractivity contribution in [3.63, 3.8) is 0 Å². The molecule has 0 bridgehead atoms. The number of carbonyl (C=O) groups is 2. The second-order valence-corrected chi connectivity index (χ2v) is 11.8. The Kier molecular flexibility index (Phi) is 29.6. The van der Waals surface area contributed by atoms with Gasteiger partial charge in [0.2, 0.25) is 5.96 Å². The van der Waals surface area contributed by atoms with Gasteiger partial charge in [0.05, 0.1) is 18.0 Å². The quantitative estimate of drug-likeness (QED) is 0.0264. The van der Waals surface area contributed by atoms with Crippen molar-refractivity contribution in [1.82, 2.24) is 15.5 Å². The van der Waals surface area contributed by atoms with Crippen LogP contribution in [0.25, 0.3) is 0 Å². The second-order valence-electron chi connectivity index (χ2n) is 10.8. The molecule has 2 N–H and O–H groups in total. The first-order valence-corrected chi connectivity index (χ1v) is 17.7. The fourth-order valence-corrected chi connectivity index (χ4v) is 5.10. The van der Waals surface area contributed by atoms with E-state index in [4.69, 9.17) is 4.74 Å². The summed E-state index contributed by atoms with van der Waals surface area (Å²) in [6.45, 7) is 6.82. The maximum absolute atomic E-state index is 12.0. The van der Waals surface area contributed by atoms with Crippen LogP contribution in [0.5, 0.6) is 0 Å². The molecule has 0 saturated carbocycles. The summed E-state index contributed by atoms with van der Waals surface area (Å²) in [6, 6.07) is 0. The van der Waals surface area contributed by atoms with Crippen LogP contribution >= 0.6 is 0 Å². The third-order valence-electron chi connectivity index (χ3n) is 7.06. The molecule has 0 amide bonds. The van der Waals surface area contributed by atoms with Gasteiger partial charge in [-0.1, -0.05) is 84.0 Å². The van der Waals surface area contributed by atoms with E-state index in [-0.39, 0.29) is 5.97 Å². The van der Waals surface area contributed by atoms with Crippen molar-refractivity contribution in [2.75, 3.05) is 46.1 Å². The molecule has 0 aliphatic rings. The molecule has 0 aliphatic heterocycles. The molecule has 0 spiro atoms. The zero-order chi connectivity index (χ0) is 29.5. The number of hydrogen-bond donors (Lipinski definition) is 2. The summed E-state index contributed by atoms with van der Waals surface area (Å²) in [5.74, 6) is 0.540. The molecule has 0 aromatic carbocycles. The van der Waals surface area contributed by atoms with Crippen LogP contribution < -0.4 is 10.6 Å². The van der Waals surface area contributed by atoms with Crippen LogP contribution in [0.2, 0.25) is 0 Å². The molecule has 0 aromatic heterocycles. The summed E-state index contributed by atoms with van der Waals surface area (Å²) in [6.07, 6.45) is 24.7. The van der Waals surface area contributed by atoms with Gasteiger partial charge in [0.15, 0.2) is 0 Å². The number of ether oxygens (including phenoxy) is 1. The number of guanidine groups is 1. The first-order valence-electron chi connectivity index (χ1n) is 16.2. The van der Waals surface area contributed by atoms with E-state index in [0.29, 0.717) is 25.4 Å². The molecule has 40 heavy (non-hydrogen) atoms. The average Bonchev–Trinajstić information content (AvgIpc) is 2.94. The van der Waals surface area contributed by atoms with Gasteiger partial charge in [-0.15, -0.1) is 0 Å². The lowest BCUT2D eigenvalue weighted by atomic mass is 10.1. The molecule has 9 heteroatoms. The number of hydrogen-bond acceptors (Lipinski definition) is 6. The second kappa shape index (κ2) is 30.6. The SMILES string of the molecule is CCCCCCCCCOC(=O)CCCCCCCN(CCCCCCCC=O)CCCN/C(=N/[S+](C)[O-])NC. The molecule has 0 rings (SSSR count). The lowest BCUT2D eigenvalue weighted by Crippen LogP contribution is -2.37. The van der Waals surface area contributed by atoms with Crippen LogP contribution in [0.15, 0.2) is 4.40 Å². The Hall–Kier alpha value is -1.32. The van der Waals surface area contributed by atoms with Crippen LogP contribution in [-0.4, -0.2) is 73.8 Å². The first-order chi connectivity index (χ1) is 19.5. The Morgan fingerprint density at radius 3 is 1.98 bits per heavy atom. The minimum absolute atomic E-state index is 0.0337. The first kappa shape index (κ1) is 38.7. The number of carbonyl (C=O) groups excluding carboxylic acids is 2. The van der Waals surface area contributed by atoms with Crippen LogP contribution in [0, 0.1) is 0 Å². The molecular formula is C31H62N4O4S. The highest BCUT2D eigenvalue weighted by Crippen LogP contribution is 2.11. The van der Waals surface area contributed by atoms with Crippen molar-refractivity contribution in [2.24, 2.45) is 4.40 Å². The van der Waals surface area contributed by atoms with E-state index in [1.165, 1.54) is 64.2 Å². The van der Waals surface area contributed by atoms with Gasteiger partial charge in [-0.3, -0.25) is 4.79 Å². The highest BCUT2D eigenvalue weighted by molar-refractivity contribution is 7.89. The van der Waals surface area contributed by atoms with Crippen molar-refractivity contribution in [3.05, 3.63) is 0 Å². The Balaban J connectivity index is 4.03. The number of nitrogens with one attached hydrogen (secondary N) is 2. The van der Waals surface area contributed by atoms with E-state index >= 15 is 0 Å². The van der Waals surface area contributed by atoms with Crippen molar-refractivity contribution < 1.29 is 18.9 Å². The lowest BCUT2D eigenvalue weighted by Gasteiger charge is -2.22. The molecule has 0 aliphatic carbocycles. The molecule has 0 saturated heterocycles. The zero-order valence-corrected chi connectivity index (χ0v) is 27.0. The standard InChI is InChI=1S/C31H62N4O4S/c1-4-5-6-7-10-16-21-29-39-30(37)23-17-12-11-14-19-26-35(25-18-13-8-9-15-20-28-36)27-22-24-33-31(32-2)34-40(3)38/h28H,4-27,29H2,1-3H3,(H2,32,33,34). The Labute approximate surface area is 249 Å². The van der Waals surface area contributed by atoms with Crippen LogP contribution in [0.4, 0.5) is 0 Å². The fraction of sp³-hybridized carbons (Fsp3) is 0.903. The van der Waals surface area contributed by atoms with E-state index in [1.807, 2.05) is 0 Å². The van der Waals surface area contributed by atoms with Crippen LogP contribution in [-0.2, 0) is 25.7 Å². The molecule has 0 heterocycles. The average molecular weight is 587 g/mol. The van der Waals surface area contributed by atoms with Gasteiger partial charge >= 0.3 is 5.97 Å². The molecule has 1 unspecified atom stereocenters. The Morgan fingerprint density at radius 2 is 1.38 bits per heavy atom. The van der Waals surface area contributed by atoms with Gasteiger partial charge in [0.1, 0.15) is 12.5 Å². The summed E-state index contributed by atoms with van der Waals surface area (Å²) < 4.78 is 20.8. The third-order valence-corrected chi connectivity index (χ3v) is 7.50. The van der Waals surface area contributed by atoms with E-state index < -0.39 is 11.4 Å². The van der Waals surface area contributed by atoms with Crippen molar-refractivity contribution in [1.29, 1.82) is 0 Å². The van der Waals surface area contributed by atoms with E-state index in [2.05, 4.69) is 26.9 Å². The van der Waals surface area contributed by atoms with Crippen LogP contribution in [0.1, 0.15) is 135 Å². The summed E-state index contributed by atoms with van der Waals surface area (Å²) in [5.41, 5.74) is 0. The molecule has 0 fully saturated rings. The zero-order valence-electron chi connectivity index (χ0n) is 26.2. The molecular weight excluding hydrogens is 524 g/mol. The maximum Gasteiger partial charge on any atom is 0.305 e. The number of rotatable bonds is 29. The molecule has 0 radical (unpaired) electrons. The number of nitrogens with zero attached hydrogens (tertiary/aromatic N) is 2. The number of aldehydes is 1.